The van der Waals surface area contributed by atoms with Gasteiger partial charge in [0.1, 0.15) is 18.1 Å². The van der Waals surface area contributed by atoms with Crippen molar-refractivity contribution in [3.05, 3.63) is 72.1 Å². The second kappa shape index (κ2) is 14.0. The monoisotopic (exact) mass is 590 g/mol. The third-order valence-electron chi connectivity index (χ3n) is 7.32. The Kier molecular flexibility index (Phi) is 10.2. The fraction of sp³-hybridized carbons (Fsp3) is 0.355. The molecule has 0 aliphatic heterocycles. The number of hydrogen-bond donors (Lipinski definition) is 8. The Morgan fingerprint density at radius 1 is 0.744 bits per heavy atom. The fourth-order valence-corrected chi connectivity index (χ4v) is 5.08. The van der Waals surface area contributed by atoms with Crippen LogP contribution in [0.4, 0.5) is 0 Å². The highest BCUT2D eigenvalue weighted by atomic mass is 16.4. The van der Waals surface area contributed by atoms with E-state index in [1.807, 2.05) is 62.4 Å². The minimum absolute atomic E-state index is 0.0236. The average molecular weight is 591 g/mol. The van der Waals surface area contributed by atoms with Gasteiger partial charge >= 0.3 is 5.97 Å². The van der Waals surface area contributed by atoms with Gasteiger partial charge in [0.2, 0.25) is 17.7 Å². The molecule has 0 bridgehead atoms. The third kappa shape index (κ3) is 7.79. The van der Waals surface area contributed by atoms with Crippen LogP contribution < -0.4 is 21.7 Å². The average Bonchev–Trinajstić information content (AvgIpc) is 3.58. The quantitative estimate of drug-likeness (QED) is 0.108. The van der Waals surface area contributed by atoms with Gasteiger partial charge in [0.15, 0.2) is 0 Å². The second-order valence-electron chi connectivity index (χ2n) is 11.1. The molecule has 0 aliphatic rings. The van der Waals surface area contributed by atoms with E-state index in [1.165, 1.54) is 0 Å². The van der Waals surface area contributed by atoms with E-state index >= 15 is 0 Å². The smallest absolute Gasteiger partial charge is 0.326 e. The number of aliphatic hydroxyl groups is 1. The molecule has 4 atom stereocenters. The number of rotatable bonds is 14. The molecule has 4 aromatic rings. The van der Waals surface area contributed by atoms with Gasteiger partial charge in [0, 0.05) is 47.0 Å². The molecule has 0 aliphatic carbocycles. The number of carboxylic acid groups (broad SMARTS) is 1. The van der Waals surface area contributed by atoms with E-state index in [-0.39, 0.29) is 18.8 Å². The van der Waals surface area contributed by atoms with Gasteiger partial charge in [0.25, 0.3) is 0 Å². The number of nitrogens with one attached hydrogen (secondary N) is 5. The molecule has 12 nitrogen and oxygen atoms in total. The van der Waals surface area contributed by atoms with E-state index in [2.05, 4.69) is 25.9 Å². The molecule has 228 valence electrons. The Labute approximate surface area is 248 Å². The van der Waals surface area contributed by atoms with Crippen LogP contribution in [-0.2, 0) is 32.0 Å². The van der Waals surface area contributed by atoms with Crippen LogP contribution in [0.1, 0.15) is 31.4 Å². The molecule has 2 heterocycles. The molecule has 4 unspecified atom stereocenters. The number of carbonyl (C=O) groups is 4. The van der Waals surface area contributed by atoms with Crippen molar-refractivity contribution in [1.82, 2.24) is 25.9 Å². The molecule has 4 rings (SSSR count). The summed E-state index contributed by atoms with van der Waals surface area (Å²) in [4.78, 5) is 57.8. The molecular weight excluding hydrogens is 552 g/mol. The number of aromatic amines is 2. The zero-order valence-electron chi connectivity index (χ0n) is 24.1. The van der Waals surface area contributed by atoms with Gasteiger partial charge in [-0.25, -0.2) is 4.79 Å². The number of aromatic nitrogens is 2. The summed E-state index contributed by atoms with van der Waals surface area (Å²) in [6.07, 6.45) is 3.88. The number of aliphatic hydroxyl groups excluding tert-OH is 1. The van der Waals surface area contributed by atoms with E-state index in [9.17, 15) is 29.4 Å². The van der Waals surface area contributed by atoms with Crippen molar-refractivity contribution in [2.75, 3.05) is 6.61 Å². The Balaban J connectivity index is 1.49. The Bertz CT molecular complexity index is 1590. The molecule has 0 spiro atoms. The number of nitrogens with two attached hydrogens (primary N) is 1. The van der Waals surface area contributed by atoms with Crippen molar-refractivity contribution in [2.24, 2.45) is 11.7 Å². The topological polar surface area (TPSA) is 202 Å². The number of carbonyl (C=O) groups excluding carboxylic acids is 3. The van der Waals surface area contributed by atoms with Crippen molar-refractivity contribution in [1.29, 1.82) is 0 Å². The van der Waals surface area contributed by atoms with Crippen molar-refractivity contribution in [3.8, 4) is 0 Å². The number of para-hydroxylation sites is 2. The lowest BCUT2D eigenvalue weighted by Crippen LogP contribution is -2.58. The molecule has 0 saturated carbocycles. The summed E-state index contributed by atoms with van der Waals surface area (Å²) in [5.74, 6) is -3.26. The van der Waals surface area contributed by atoms with Gasteiger partial charge < -0.3 is 41.9 Å². The van der Waals surface area contributed by atoms with E-state index in [0.717, 1.165) is 27.4 Å². The van der Waals surface area contributed by atoms with Gasteiger partial charge in [-0.15, -0.1) is 0 Å². The van der Waals surface area contributed by atoms with Crippen LogP contribution in [-0.4, -0.2) is 74.6 Å². The Hall–Kier alpha value is -4.68. The minimum atomic E-state index is -1.47. The third-order valence-corrected chi connectivity index (χ3v) is 7.32. The summed E-state index contributed by atoms with van der Waals surface area (Å²) in [5, 5.41) is 29.1. The number of hydrogen-bond acceptors (Lipinski definition) is 6. The number of fused-ring (bicyclic) bond motifs is 2. The lowest BCUT2D eigenvalue weighted by molar-refractivity contribution is -0.142. The second-order valence-corrected chi connectivity index (χ2v) is 11.1. The Morgan fingerprint density at radius 3 is 1.72 bits per heavy atom. The van der Waals surface area contributed by atoms with Crippen LogP contribution in [0.15, 0.2) is 60.9 Å². The maximum atomic E-state index is 13.5. The van der Waals surface area contributed by atoms with E-state index in [4.69, 9.17) is 5.73 Å². The van der Waals surface area contributed by atoms with Crippen LogP contribution in [0.5, 0.6) is 0 Å². The summed E-state index contributed by atoms with van der Waals surface area (Å²) in [5.41, 5.74) is 9.18. The fourth-order valence-electron chi connectivity index (χ4n) is 5.08. The first kappa shape index (κ1) is 31.3. The predicted octanol–water partition coefficient (Wildman–Crippen LogP) is 1.34. The maximum absolute atomic E-state index is 13.5. The summed E-state index contributed by atoms with van der Waals surface area (Å²) < 4.78 is 0. The molecule has 12 heteroatoms. The molecule has 0 saturated heterocycles. The van der Waals surface area contributed by atoms with Crippen LogP contribution in [0, 0.1) is 5.92 Å². The van der Waals surface area contributed by atoms with E-state index in [1.54, 1.807) is 12.4 Å². The molecule has 0 fully saturated rings. The van der Waals surface area contributed by atoms with Crippen molar-refractivity contribution in [2.45, 2.75) is 57.3 Å². The van der Waals surface area contributed by atoms with Crippen LogP contribution in [0.3, 0.4) is 0 Å². The normalized spacial score (nSPS) is 14.3. The maximum Gasteiger partial charge on any atom is 0.326 e. The number of carboxylic acids is 1. The summed E-state index contributed by atoms with van der Waals surface area (Å²) in [6, 6.07) is 10.1. The first-order valence-corrected chi connectivity index (χ1v) is 14.2. The lowest BCUT2D eigenvalue weighted by Gasteiger charge is -2.24. The summed E-state index contributed by atoms with van der Waals surface area (Å²) in [7, 11) is 0. The first-order valence-electron chi connectivity index (χ1n) is 14.2. The molecular formula is C31H38N6O6. The zero-order chi connectivity index (χ0) is 31.1. The molecule has 3 amide bonds. The largest absolute Gasteiger partial charge is 0.480 e. The van der Waals surface area contributed by atoms with Gasteiger partial charge in [-0.3, -0.25) is 14.4 Å². The minimum Gasteiger partial charge on any atom is -0.480 e. The first-order chi connectivity index (χ1) is 20.6. The van der Waals surface area contributed by atoms with Crippen LogP contribution in [0.25, 0.3) is 21.8 Å². The standard InChI is InChI=1S/C31H38N6O6/c1-17(2)11-22(32)28(39)35-25(12-18-14-33-23-9-5-3-7-20(18)23)29(40)37-27(16-38)30(41)36-26(31(42)43)13-19-15-34-24-10-6-4-8-21(19)24/h3-10,14-15,17,22,25-27,33-34,38H,11-13,16,32H2,1-2H3,(H,35,39)(H,36,41)(H,37,40)(H,42,43). The van der Waals surface area contributed by atoms with Gasteiger partial charge in [0.05, 0.1) is 12.6 Å². The predicted molar refractivity (Wildman–Crippen MR) is 162 cm³/mol. The molecule has 2 aromatic heterocycles. The highest BCUT2D eigenvalue weighted by Gasteiger charge is 2.31. The van der Waals surface area contributed by atoms with Crippen molar-refractivity contribution >= 4 is 45.5 Å². The molecule has 2 aromatic carbocycles. The lowest BCUT2D eigenvalue weighted by atomic mass is 10.0. The van der Waals surface area contributed by atoms with E-state index < -0.39 is 54.5 Å². The summed E-state index contributed by atoms with van der Waals surface area (Å²) in [6.45, 7) is 3.06. The van der Waals surface area contributed by atoms with Gasteiger partial charge in [-0.1, -0.05) is 50.2 Å². The highest BCUT2D eigenvalue weighted by Crippen LogP contribution is 2.20. The zero-order valence-corrected chi connectivity index (χ0v) is 24.1. The van der Waals surface area contributed by atoms with Gasteiger partial charge in [-0.05, 0) is 35.6 Å². The molecule has 9 N–H and O–H groups in total. The number of amides is 3. The van der Waals surface area contributed by atoms with Crippen LogP contribution >= 0.6 is 0 Å². The van der Waals surface area contributed by atoms with Gasteiger partial charge in [-0.2, -0.15) is 0 Å². The van der Waals surface area contributed by atoms with Crippen molar-refractivity contribution in [3.63, 3.8) is 0 Å². The molecule has 43 heavy (non-hydrogen) atoms. The number of aliphatic carboxylic acids is 1. The number of benzene rings is 2. The highest BCUT2D eigenvalue weighted by molar-refractivity contribution is 5.95. The SMILES string of the molecule is CC(C)CC(N)C(=O)NC(Cc1c[nH]c2ccccc12)C(=O)NC(CO)C(=O)NC(Cc1c[nH]c2ccccc12)C(=O)O. The Morgan fingerprint density at radius 2 is 1.21 bits per heavy atom. The van der Waals surface area contributed by atoms with Crippen molar-refractivity contribution < 1.29 is 29.4 Å². The van der Waals surface area contributed by atoms with Crippen LogP contribution in [0.2, 0.25) is 0 Å². The molecule has 0 radical (unpaired) electrons. The summed E-state index contributed by atoms with van der Waals surface area (Å²) >= 11 is 0. The number of H-pyrrole nitrogens is 2. The van der Waals surface area contributed by atoms with E-state index in [0.29, 0.717) is 12.0 Å².